The Kier molecular flexibility index (Phi) is 7.44. The summed E-state index contributed by atoms with van der Waals surface area (Å²) in [6.45, 7) is 0.831. The number of fused-ring (bicyclic) bond motifs is 1. The average molecular weight is 528 g/mol. The zero-order valence-electron chi connectivity index (χ0n) is 20.5. The molecule has 4 aromatic rings. The standard InChI is InChI=1S/C30H25NO4S2/c1-33-24-13-10-20(11-14-24)18-31-29(32)28(37-30(31)36)17-21-12-15-26(27(16-21)34-2)35-19-23-8-5-7-22-6-3-4-9-25(22)23/h3-17H,18-19H2,1-2H3. The van der Waals surface area contributed by atoms with Gasteiger partial charge in [0.25, 0.3) is 5.91 Å². The van der Waals surface area contributed by atoms with Gasteiger partial charge in [0.1, 0.15) is 16.7 Å². The summed E-state index contributed by atoms with van der Waals surface area (Å²) in [7, 11) is 3.23. The predicted molar refractivity (Wildman–Crippen MR) is 153 cm³/mol. The van der Waals surface area contributed by atoms with Crippen molar-refractivity contribution in [1.29, 1.82) is 0 Å². The van der Waals surface area contributed by atoms with E-state index >= 15 is 0 Å². The number of carbonyl (C=O) groups excluding carboxylic acids is 1. The summed E-state index contributed by atoms with van der Waals surface area (Å²) in [5, 5.41) is 2.34. The minimum Gasteiger partial charge on any atom is -0.497 e. The lowest BCUT2D eigenvalue weighted by atomic mass is 10.1. The molecule has 4 aromatic carbocycles. The zero-order chi connectivity index (χ0) is 25.8. The quantitative estimate of drug-likeness (QED) is 0.185. The summed E-state index contributed by atoms with van der Waals surface area (Å²) in [5.41, 5.74) is 2.91. The topological polar surface area (TPSA) is 48.0 Å². The smallest absolute Gasteiger partial charge is 0.266 e. The number of ether oxygens (including phenoxy) is 3. The summed E-state index contributed by atoms with van der Waals surface area (Å²) >= 11 is 6.80. The van der Waals surface area contributed by atoms with E-state index in [1.54, 1.807) is 19.1 Å². The van der Waals surface area contributed by atoms with Gasteiger partial charge in [0, 0.05) is 0 Å². The minimum absolute atomic E-state index is 0.110. The molecule has 1 saturated heterocycles. The molecular weight excluding hydrogens is 502 g/mol. The van der Waals surface area contributed by atoms with E-state index in [-0.39, 0.29) is 5.91 Å². The predicted octanol–water partition coefficient (Wildman–Crippen LogP) is 6.84. The molecule has 1 amide bonds. The van der Waals surface area contributed by atoms with E-state index in [0.29, 0.717) is 33.9 Å². The van der Waals surface area contributed by atoms with Gasteiger partial charge in [-0.3, -0.25) is 9.69 Å². The van der Waals surface area contributed by atoms with Crippen LogP contribution in [0.1, 0.15) is 16.7 Å². The van der Waals surface area contributed by atoms with Gasteiger partial charge in [0.2, 0.25) is 0 Å². The fourth-order valence-electron chi connectivity index (χ4n) is 4.17. The normalized spacial score (nSPS) is 14.4. The Morgan fingerprint density at radius 3 is 2.46 bits per heavy atom. The molecule has 0 spiro atoms. The van der Waals surface area contributed by atoms with Crippen LogP contribution in [-0.2, 0) is 17.9 Å². The molecule has 0 atom stereocenters. The van der Waals surface area contributed by atoms with Crippen LogP contribution in [0.4, 0.5) is 0 Å². The van der Waals surface area contributed by atoms with Crippen molar-refractivity contribution in [2.24, 2.45) is 0 Å². The SMILES string of the molecule is COc1ccc(CN2C(=O)C(=Cc3ccc(OCc4cccc5ccccc45)c(OC)c3)SC2=S)cc1. The lowest BCUT2D eigenvalue weighted by molar-refractivity contribution is -0.122. The molecule has 0 bridgehead atoms. The van der Waals surface area contributed by atoms with Gasteiger partial charge in [-0.05, 0) is 57.8 Å². The number of rotatable bonds is 8. The summed E-state index contributed by atoms with van der Waals surface area (Å²) < 4.78 is 17.5. The maximum absolute atomic E-state index is 13.1. The van der Waals surface area contributed by atoms with E-state index < -0.39 is 0 Å². The maximum Gasteiger partial charge on any atom is 0.266 e. The molecule has 0 unspecified atom stereocenters. The molecule has 5 rings (SSSR count). The van der Waals surface area contributed by atoms with Crippen molar-refractivity contribution < 1.29 is 19.0 Å². The number of thioether (sulfide) groups is 1. The average Bonchev–Trinajstić information content (AvgIpc) is 3.19. The third-order valence-corrected chi connectivity index (χ3v) is 7.50. The second kappa shape index (κ2) is 11.1. The van der Waals surface area contributed by atoms with Crippen LogP contribution in [0.15, 0.2) is 89.8 Å². The lowest BCUT2D eigenvalue weighted by Gasteiger charge is -2.14. The second-order valence-electron chi connectivity index (χ2n) is 8.45. The maximum atomic E-state index is 13.1. The highest BCUT2D eigenvalue weighted by atomic mass is 32.2. The number of nitrogens with zero attached hydrogens (tertiary/aromatic N) is 1. The Hall–Kier alpha value is -3.81. The number of benzene rings is 4. The van der Waals surface area contributed by atoms with Gasteiger partial charge in [-0.15, -0.1) is 0 Å². The van der Waals surface area contributed by atoms with Crippen molar-refractivity contribution in [2.45, 2.75) is 13.2 Å². The van der Waals surface area contributed by atoms with Crippen molar-refractivity contribution >= 4 is 51.1 Å². The number of thiocarbonyl (C=S) groups is 1. The zero-order valence-corrected chi connectivity index (χ0v) is 22.1. The minimum atomic E-state index is -0.110. The molecule has 0 aromatic heterocycles. The molecule has 7 heteroatoms. The third kappa shape index (κ3) is 5.48. The van der Waals surface area contributed by atoms with Crippen molar-refractivity contribution in [3.05, 3.63) is 107 Å². The highest BCUT2D eigenvalue weighted by Crippen LogP contribution is 2.36. The molecule has 1 aliphatic rings. The lowest BCUT2D eigenvalue weighted by Crippen LogP contribution is -2.27. The summed E-state index contributed by atoms with van der Waals surface area (Å²) in [4.78, 5) is 15.3. The first-order valence-electron chi connectivity index (χ1n) is 11.7. The summed E-state index contributed by atoms with van der Waals surface area (Å²) in [6, 6.07) is 27.7. The van der Waals surface area contributed by atoms with E-state index in [1.165, 1.54) is 17.1 Å². The Labute approximate surface area is 225 Å². The van der Waals surface area contributed by atoms with E-state index in [0.717, 1.165) is 27.8 Å². The van der Waals surface area contributed by atoms with Crippen LogP contribution in [0.25, 0.3) is 16.8 Å². The molecule has 0 aliphatic carbocycles. The number of hydrogen-bond donors (Lipinski definition) is 0. The van der Waals surface area contributed by atoms with Crippen molar-refractivity contribution in [1.82, 2.24) is 4.90 Å². The molecule has 1 heterocycles. The number of amides is 1. The van der Waals surface area contributed by atoms with Crippen LogP contribution in [0.2, 0.25) is 0 Å². The molecule has 37 heavy (non-hydrogen) atoms. The highest BCUT2D eigenvalue weighted by Gasteiger charge is 2.32. The number of carbonyl (C=O) groups is 1. The van der Waals surface area contributed by atoms with Gasteiger partial charge in [-0.1, -0.05) is 84.6 Å². The monoisotopic (exact) mass is 527 g/mol. The van der Waals surface area contributed by atoms with Gasteiger partial charge in [0.15, 0.2) is 11.5 Å². The van der Waals surface area contributed by atoms with Crippen LogP contribution in [0.3, 0.4) is 0 Å². The van der Waals surface area contributed by atoms with Crippen molar-refractivity contribution in [2.75, 3.05) is 14.2 Å². The van der Waals surface area contributed by atoms with E-state index in [1.807, 2.05) is 66.7 Å². The van der Waals surface area contributed by atoms with Crippen molar-refractivity contribution in [3.8, 4) is 17.2 Å². The van der Waals surface area contributed by atoms with Gasteiger partial charge >= 0.3 is 0 Å². The fourth-order valence-corrected chi connectivity index (χ4v) is 5.42. The fraction of sp³-hybridized carbons (Fsp3) is 0.133. The molecule has 1 fully saturated rings. The third-order valence-electron chi connectivity index (χ3n) is 6.12. The molecule has 1 aliphatic heterocycles. The molecular formula is C30H25NO4S2. The molecule has 5 nitrogen and oxygen atoms in total. The number of methoxy groups -OCH3 is 2. The highest BCUT2D eigenvalue weighted by molar-refractivity contribution is 8.26. The Morgan fingerprint density at radius 1 is 0.892 bits per heavy atom. The van der Waals surface area contributed by atoms with Crippen LogP contribution < -0.4 is 14.2 Å². The van der Waals surface area contributed by atoms with Gasteiger partial charge in [0.05, 0.1) is 25.7 Å². The van der Waals surface area contributed by atoms with Crippen LogP contribution in [0, 0.1) is 0 Å². The molecule has 186 valence electrons. The second-order valence-corrected chi connectivity index (χ2v) is 10.1. The van der Waals surface area contributed by atoms with Gasteiger partial charge in [-0.25, -0.2) is 0 Å². The van der Waals surface area contributed by atoms with E-state index in [4.69, 9.17) is 26.4 Å². The Balaban J connectivity index is 1.30. The Morgan fingerprint density at radius 2 is 1.68 bits per heavy atom. The van der Waals surface area contributed by atoms with Gasteiger partial charge < -0.3 is 14.2 Å². The van der Waals surface area contributed by atoms with E-state index in [9.17, 15) is 4.79 Å². The first kappa shape index (κ1) is 24.9. The van der Waals surface area contributed by atoms with Crippen LogP contribution >= 0.6 is 24.0 Å². The first-order valence-corrected chi connectivity index (χ1v) is 12.9. The molecule has 0 N–H and O–H groups in total. The first-order chi connectivity index (χ1) is 18.1. The number of hydrogen-bond acceptors (Lipinski definition) is 6. The van der Waals surface area contributed by atoms with Gasteiger partial charge in [-0.2, -0.15) is 0 Å². The summed E-state index contributed by atoms with van der Waals surface area (Å²) in [6.07, 6.45) is 1.84. The Bertz CT molecular complexity index is 1490. The van der Waals surface area contributed by atoms with Crippen LogP contribution in [0.5, 0.6) is 17.2 Å². The largest absolute Gasteiger partial charge is 0.497 e. The molecule has 0 radical (unpaired) electrons. The van der Waals surface area contributed by atoms with Crippen LogP contribution in [-0.4, -0.2) is 29.3 Å². The molecule has 0 saturated carbocycles. The summed E-state index contributed by atoms with van der Waals surface area (Å²) in [5.74, 6) is 1.90. The van der Waals surface area contributed by atoms with Crippen molar-refractivity contribution in [3.63, 3.8) is 0 Å². The van der Waals surface area contributed by atoms with E-state index in [2.05, 4.69) is 24.3 Å².